The van der Waals surface area contributed by atoms with Gasteiger partial charge in [0.2, 0.25) is 0 Å². The van der Waals surface area contributed by atoms with E-state index in [2.05, 4.69) is 20.4 Å². The molecule has 0 radical (unpaired) electrons. The van der Waals surface area contributed by atoms with Gasteiger partial charge in [-0.3, -0.25) is 10.1 Å². The summed E-state index contributed by atoms with van der Waals surface area (Å²) in [6.07, 6.45) is 8.62. The summed E-state index contributed by atoms with van der Waals surface area (Å²) in [6.45, 7) is 3.93. The fourth-order valence-corrected chi connectivity index (χ4v) is 4.48. The van der Waals surface area contributed by atoms with Crippen LogP contribution in [0.1, 0.15) is 58.0 Å². The zero-order valence-electron chi connectivity index (χ0n) is 15.7. The first-order valence-electron chi connectivity index (χ1n) is 9.40. The quantitative estimate of drug-likeness (QED) is 0.736. The number of amides is 1. The van der Waals surface area contributed by atoms with Crippen LogP contribution in [0.5, 0.6) is 0 Å². The van der Waals surface area contributed by atoms with Crippen molar-refractivity contribution >= 4 is 22.4 Å². The van der Waals surface area contributed by atoms with Gasteiger partial charge in [-0.2, -0.15) is 5.10 Å². The molecule has 1 aliphatic carbocycles. The monoisotopic (exact) mass is 381 g/mol. The van der Waals surface area contributed by atoms with Crippen LogP contribution in [0, 0.1) is 13.8 Å². The Kier molecular flexibility index (Phi) is 5.03. The number of hydrogen-bond acceptors (Lipinski definition) is 5. The number of anilines is 1. The Morgan fingerprint density at radius 3 is 2.67 bits per heavy atom. The third kappa shape index (κ3) is 3.93. The summed E-state index contributed by atoms with van der Waals surface area (Å²) >= 11 is 1.61. The Morgan fingerprint density at radius 2 is 1.96 bits per heavy atom. The number of aromatic nitrogens is 4. The van der Waals surface area contributed by atoms with Crippen LogP contribution in [0.15, 0.2) is 24.4 Å². The molecule has 0 bridgehead atoms. The molecule has 1 N–H and O–H groups in total. The number of nitrogens with zero attached hydrogens (tertiary/aromatic N) is 4. The normalized spacial score (nSPS) is 14.3. The van der Waals surface area contributed by atoms with E-state index in [1.54, 1.807) is 28.3 Å². The Balaban J connectivity index is 1.48. The second-order valence-electron chi connectivity index (χ2n) is 7.00. The fraction of sp³-hybridized carbons (Fsp3) is 0.400. The zero-order chi connectivity index (χ0) is 18.8. The highest BCUT2D eigenvalue weighted by molar-refractivity contribution is 7.15. The van der Waals surface area contributed by atoms with Gasteiger partial charge in [-0.15, -0.1) is 11.3 Å². The van der Waals surface area contributed by atoms with E-state index in [0.29, 0.717) is 16.5 Å². The van der Waals surface area contributed by atoms with E-state index in [1.165, 1.54) is 30.6 Å². The van der Waals surface area contributed by atoms with Gasteiger partial charge in [0.1, 0.15) is 0 Å². The van der Waals surface area contributed by atoms with Crippen molar-refractivity contribution in [3.63, 3.8) is 0 Å². The minimum atomic E-state index is -0.177. The van der Waals surface area contributed by atoms with Crippen molar-refractivity contribution in [1.82, 2.24) is 19.7 Å². The molecule has 1 amide bonds. The summed E-state index contributed by atoms with van der Waals surface area (Å²) in [5.74, 6) is 0.526. The third-order valence-corrected chi connectivity index (χ3v) is 5.88. The Morgan fingerprint density at radius 1 is 1.15 bits per heavy atom. The van der Waals surface area contributed by atoms with Gasteiger partial charge < -0.3 is 0 Å². The lowest BCUT2D eigenvalue weighted by Crippen LogP contribution is -2.13. The van der Waals surface area contributed by atoms with Crippen molar-refractivity contribution in [2.75, 3.05) is 5.32 Å². The molecule has 140 valence electrons. The highest BCUT2D eigenvalue weighted by atomic mass is 32.1. The number of fused-ring (bicyclic) bond motifs is 1. The maximum atomic E-state index is 12.6. The molecule has 27 heavy (non-hydrogen) atoms. The molecule has 0 aliphatic heterocycles. The van der Waals surface area contributed by atoms with Crippen LogP contribution in [0.4, 0.5) is 5.13 Å². The van der Waals surface area contributed by atoms with E-state index in [0.717, 1.165) is 29.9 Å². The molecule has 0 atom stereocenters. The van der Waals surface area contributed by atoms with Crippen LogP contribution < -0.4 is 5.32 Å². The summed E-state index contributed by atoms with van der Waals surface area (Å²) < 4.78 is 1.78. The number of pyridine rings is 1. The summed E-state index contributed by atoms with van der Waals surface area (Å²) in [5, 5.41) is 8.05. The standard InChI is InChI=1S/C20H23N5OS/c1-13-11-14(2)25(24-13)18-10-9-15(12-21-18)19(26)23-20-22-16-7-5-3-4-6-8-17(16)27-20/h9-12H,3-8H2,1-2H3,(H,22,23,26). The Bertz CT molecular complexity index is 932. The number of aryl methyl sites for hydroxylation is 4. The van der Waals surface area contributed by atoms with Crippen molar-refractivity contribution < 1.29 is 4.79 Å². The molecule has 3 heterocycles. The average molecular weight is 382 g/mol. The first-order valence-corrected chi connectivity index (χ1v) is 10.2. The van der Waals surface area contributed by atoms with Crippen molar-refractivity contribution in [3.8, 4) is 5.82 Å². The highest BCUT2D eigenvalue weighted by Crippen LogP contribution is 2.28. The van der Waals surface area contributed by atoms with Crippen molar-refractivity contribution in [2.24, 2.45) is 0 Å². The molecule has 0 unspecified atom stereocenters. The number of hydrogen-bond donors (Lipinski definition) is 1. The predicted octanol–water partition coefficient (Wildman–Crippen LogP) is 4.25. The summed E-state index contributed by atoms with van der Waals surface area (Å²) in [6, 6.07) is 5.59. The second-order valence-corrected chi connectivity index (χ2v) is 8.08. The lowest BCUT2D eigenvalue weighted by molar-refractivity contribution is 0.102. The number of carbonyl (C=O) groups is 1. The van der Waals surface area contributed by atoms with Gasteiger partial charge in [-0.25, -0.2) is 14.6 Å². The van der Waals surface area contributed by atoms with Crippen LogP contribution in [0.2, 0.25) is 0 Å². The van der Waals surface area contributed by atoms with E-state index in [4.69, 9.17) is 0 Å². The van der Waals surface area contributed by atoms with Gasteiger partial charge in [0.05, 0.1) is 17.0 Å². The summed E-state index contributed by atoms with van der Waals surface area (Å²) in [4.78, 5) is 22.9. The molecule has 3 aromatic rings. The average Bonchev–Trinajstić information content (AvgIpc) is 3.17. The minimum Gasteiger partial charge on any atom is -0.298 e. The van der Waals surface area contributed by atoms with E-state index < -0.39 is 0 Å². The molecule has 0 fully saturated rings. The third-order valence-electron chi connectivity index (χ3n) is 4.80. The topological polar surface area (TPSA) is 72.7 Å². The molecule has 4 rings (SSSR count). The Labute approximate surface area is 162 Å². The SMILES string of the molecule is Cc1cc(C)n(-c2ccc(C(=O)Nc3nc4c(s3)CCCCCC4)cn2)n1. The highest BCUT2D eigenvalue weighted by Gasteiger charge is 2.16. The number of rotatable bonds is 3. The van der Waals surface area contributed by atoms with E-state index in [9.17, 15) is 4.79 Å². The molecule has 0 saturated carbocycles. The van der Waals surface area contributed by atoms with E-state index in [1.807, 2.05) is 26.0 Å². The fourth-order valence-electron chi connectivity index (χ4n) is 3.43. The summed E-state index contributed by atoms with van der Waals surface area (Å²) in [7, 11) is 0. The largest absolute Gasteiger partial charge is 0.298 e. The lowest BCUT2D eigenvalue weighted by Gasteiger charge is -2.06. The van der Waals surface area contributed by atoms with E-state index in [-0.39, 0.29) is 5.91 Å². The first-order chi connectivity index (χ1) is 13.1. The minimum absolute atomic E-state index is 0.177. The molecule has 6 nitrogen and oxygen atoms in total. The van der Waals surface area contributed by atoms with Gasteiger partial charge in [0, 0.05) is 16.8 Å². The molecular formula is C20H23N5OS. The Hall–Kier alpha value is -2.54. The molecular weight excluding hydrogens is 358 g/mol. The lowest BCUT2D eigenvalue weighted by atomic mass is 10.0. The van der Waals surface area contributed by atoms with Gasteiger partial charge in [0.15, 0.2) is 10.9 Å². The number of nitrogens with one attached hydrogen (secondary N) is 1. The van der Waals surface area contributed by atoms with Crippen LogP contribution in [0.3, 0.4) is 0 Å². The number of thiazole rings is 1. The van der Waals surface area contributed by atoms with Crippen LogP contribution in [0.25, 0.3) is 5.82 Å². The van der Waals surface area contributed by atoms with Crippen LogP contribution >= 0.6 is 11.3 Å². The molecule has 0 saturated heterocycles. The smallest absolute Gasteiger partial charge is 0.259 e. The first kappa shape index (κ1) is 17.9. The predicted molar refractivity (Wildman–Crippen MR) is 107 cm³/mol. The van der Waals surface area contributed by atoms with E-state index >= 15 is 0 Å². The van der Waals surface area contributed by atoms with Crippen molar-refractivity contribution in [3.05, 3.63) is 51.9 Å². The van der Waals surface area contributed by atoms with Crippen LogP contribution in [-0.2, 0) is 12.8 Å². The maximum Gasteiger partial charge on any atom is 0.259 e. The van der Waals surface area contributed by atoms with Gasteiger partial charge >= 0.3 is 0 Å². The summed E-state index contributed by atoms with van der Waals surface area (Å²) in [5.41, 5.74) is 3.63. The molecule has 0 spiro atoms. The van der Waals surface area contributed by atoms with Crippen molar-refractivity contribution in [1.29, 1.82) is 0 Å². The number of carbonyl (C=O) groups excluding carboxylic acids is 1. The molecule has 1 aliphatic rings. The van der Waals surface area contributed by atoms with Gasteiger partial charge in [-0.1, -0.05) is 12.8 Å². The molecule has 0 aromatic carbocycles. The van der Waals surface area contributed by atoms with Gasteiger partial charge in [-0.05, 0) is 57.7 Å². The van der Waals surface area contributed by atoms with Crippen molar-refractivity contribution in [2.45, 2.75) is 52.4 Å². The second kappa shape index (κ2) is 7.60. The molecule has 7 heteroatoms. The zero-order valence-corrected chi connectivity index (χ0v) is 16.5. The van der Waals surface area contributed by atoms with Gasteiger partial charge in [0.25, 0.3) is 5.91 Å². The maximum absolute atomic E-state index is 12.6. The van der Waals surface area contributed by atoms with Crippen LogP contribution in [-0.4, -0.2) is 25.7 Å². The molecule has 3 aromatic heterocycles.